The topological polar surface area (TPSA) is 60.5 Å². The summed E-state index contributed by atoms with van der Waals surface area (Å²) in [4.78, 5) is 16.8. The number of nitrogens with one attached hydrogen (secondary N) is 1. The summed E-state index contributed by atoms with van der Waals surface area (Å²) in [6.45, 7) is 2.36. The molecular weight excluding hydrogens is 352 g/mol. The molecule has 0 bridgehead atoms. The first-order chi connectivity index (χ1) is 13.7. The summed E-state index contributed by atoms with van der Waals surface area (Å²) in [5.74, 6) is 6.94. The number of hydrogen-bond donors (Lipinski definition) is 1. The molecule has 0 aliphatic carbocycles. The summed E-state index contributed by atoms with van der Waals surface area (Å²) >= 11 is 0. The summed E-state index contributed by atoms with van der Waals surface area (Å²) in [6.07, 6.45) is 1.70. The average Bonchev–Trinajstić information content (AvgIpc) is 2.73. The van der Waals surface area contributed by atoms with Crippen molar-refractivity contribution in [1.82, 2.24) is 4.98 Å². The van der Waals surface area contributed by atoms with Crippen molar-refractivity contribution in [2.24, 2.45) is 0 Å². The lowest BCUT2D eigenvalue weighted by molar-refractivity contribution is 0.102. The van der Waals surface area contributed by atoms with E-state index in [2.05, 4.69) is 22.1 Å². The molecule has 0 aliphatic heterocycles. The summed E-state index contributed by atoms with van der Waals surface area (Å²) in [6, 6.07) is 18.0. The minimum atomic E-state index is -0.238. The van der Waals surface area contributed by atoms with Crippen molar-refractivity contribution in [1.29, 1.82) is 0 Å². The van der Waals surface area contributed by atoms with Gasteiger partial charge in [-0.05, 0) is 61.4 Å². The van der Waals surface area contributed by atoms with Gasteiger partial charge in [0.15, 0.2) is 11.5 Å². The van der Waals surface area contributed by atoms with Crippen LogP contribution in [0.4, 0.5) is 5.69 Å². The number of carbonyl (C=O) groups is 1. The lowest BCUT2D eigenvalue weighted by Gasteiger charge is -2.11. The van der Waals surface area contributed by atoms with Gasteiger partial charge in [0.25, 0.3) is 5.91 Å². The summed E-state index contributed by atoms with van der Waals surface area (Å²) in [5, 5.41) is 2.88. The number of rotatable bonds is 5. The molecule has 0 fully saturated rings. The number of ether oxygens (including phenoxy) is 2. The maximum Gasteiger partial charge on any atom is 0.255 e. The normalized spacial score (nSPS) is 9.79. The lowest BCUT2D eigenvalue weighted by atomic mass is 10.1. The zero-order valence-corrected chi connectivity index (χ0v) is 15.7. The Morgan fingerprint density at radius 2 is 1.93 bits per heavy atom. The minimum absolute atomic E-state index is 0.238. The molecule has 3 rings (SSSR count). The SMILES string of the molecule is CCOc1cc(C(=O)Nc2cccc(C#Cc3ccccn3)c2)ccc1OC. The maximum atomic E-state index is 12.6. The largest absolute Gasteiger partial charge is 0.493 e. The van der Waals surface area contributed by atoms with E-state index in [0.29, 0.717) is 35.1 Å². The fraction of sp³-hybridized carbons (Fsp3) is 0.130. The first-order valence-corrected chi connectivity index (χ1v) is 8.85. The van der Waals surface area contributed by atoms with Gasteiger partial charge in [-0.3, -0.25) is 4.79 Å². The van der Waals surface area contributed by atoms with Crippen LogP contribution < -0.4 is 14.8 Å². The van der Waals surface area contributed by atoms with Gasteiger partial charge in [-0.25, -0.2) is 4.98 Å². The molecule has 0 atom stereocenters. The highest BCUT2D eigenvalue weighted by Gasteiger charge is 2.11. The van der Waals surface area contributed by atoms with Gasteiger partial charge in [0.2, 0.25) is 0 Å². The van der Waals surface area contributed by atoms with Crippen LogP contribution in [-0.2, 0) is 0 Å². The Morgan fingerprint density at radius 3 is 2.68 bits per heavy atom. The molecular formula is C23H20N2O3. The number of carbonyl (C=O) groups excluding carboxylic acids is 1. The van der Waals surface area contributed by atoms with Crippen molar-refractivity contribution >= 4 is 11.6 Å². The third kappa shape index (κ3) is 4.89. The zero-order chi connectivity index (χ0) is 19.8. The van der Waals surface area contributed by atoms with E-state index in [1.807, 2.05) is 49.4 Å². The molecule has 0 spiro atoms. The third-order valence-corrected chi connectivity index (χ3v) is 3.85. The molecule has 1 amide bonds. The number of aromatic nitrogens is 1. The molecule has 1 aromatic heterocycles. The predicted molar refractivity (Wildman–Crippen MR) is 109 cm³/mol. The van der Waals surface area contributed by atoms with Gasteiger partial charge in [0, 0.05) is 23.0 Å². The van der Waals surface area contributed by atoms with Gasteiger partial charge in [0.05, 0.1) is 13.7 Å². The fourth-order valence-corrected chi connectivity index (χ4v) is 2.54. The Hall–Kier alpha value is -3.78. The van der Waals surface area contributed by atoms with Crippen LogP contribution in [0.3, 0.4) is 0 Å². The number of methoxy groups -OCH3 is 1. The number of nitrogens with zero attached hydrogens (tertiary/aromatic N) is 1. The molecule has 0 radical (unpaired) electrons. The minimum Gasteiger partial charge on any atom is -0.493 e. The second kappa shape index (κ2) is 9.24. The van der Waals surface area contributed by atoms with E-state index < -0.39 is 0 Å². The zero-order valence-electron chi connectivity index (χ0n) is 15.7. The maximum absolute atomic E-state index is 12.6. The van der Waals surface area contributed by atoms with Gasteiger partial charge in [-0.15, -0.1) is 0 Å². The van der Waals surface area contributed by atoms with Crippen LogP contribution in [0, 0.1) is 11.8 Å². The Balaban J connectivity index is 1.76. The molecule has 28 heavy (non-hydrogen) atoms. The van der Waals surface area contributed by atoms with Crippen molar-refractivity contribution in [2.45, 2.75) is 6.92 Å². The third-order valence-electron chi connectivity index (χ3n) is 3.85. The van der Waals surface area contributed by atoms with Crippen LogP contribution in [0.1, 0.15) is 28.5 Å². The standard InChI is InChI=1S/C23H20N2O3/c1-3-28-22-16-18(11-13-21(22)27-2)23(26)25-20-9-6-7-17(15-20)10-12-19-8-4-5-14-24-19/h4-9,11,13-16H,3H2,1-2H3,(H,25,26). The smallest absolute Gasteiger partial charge is 0.255 e. The van der Waals surface area contributed by atoms with Crippen LogP contribution in [0.25, 0.3) is 0 Å². The van der Waals surface area contributed by atoms with Crippen molar-refractivity contribution in [3.63, 3.8) is 0 Å². The molecule has 1 heterocycles. The average molecular weight is 372 g/mol. The first kappa shape index (κ1) is 19.0. The quantitative estimate of drug-likeness (QED) is 0.684. The van der Waals surface area contributed by atoms with Gasteiger partial charge >= 0.3 is 0 Å². The first-order valence-electron chi connectivity index (χ1n) is 8.85. The summed E-state index contributed by atoms with van der Waals surface area (Å²) < 4.78 is 10.8. The number of amides is 1. The van der Waals surface area contributed by atoms with Gasteiger partial charge in [-0.1, -0.05) is 18.1 Å². The molecule has 3 aromatic rings. The van der Waals surface area contributed by atoms with E-state index in [4.69, 9.17) is 9.47 Å². The summed E-state index contributed by atoms with van der Waals surface area (Å²) in [7, 11) is 1.56. The second-order valence-corrected chi connectivity index (χ2v) is 5.80. The number of pyridine rings is 1. The van der Waals surface area contributed by atoms with Gasteiger partial charge in [0.1, 0.15) is 5.69 Å². The van der Waals surface area contributed by atoms with Crippen LogP contribution in [-0.4, -0.2) is 24.6 Å². The second-order valence-electron chi connectivity index (χ2n) is 5.80. The predicted octanol–water partition coefficient (Wildman–Crippen LogP) is 4.14. The highest BCUT2D eigenvalue weighted by atomic mass is 16.5. The molecule has 0 aliphatic rings. The van der Waals surface area contributed by atoms with Crippen molar-refractivity contribution in [3.8, 4) is 23.3 Å². The highest BCUT2D eigenvalue weighted by molar-refractivity contribution is 6.04. The van der Waals surface area contributed by atoms with E-state index in [0.717, 1.165) is 5.56 Å². The van der Waals surface area contributed by atoms with Crippen molar-refractivity contribution in [2.75, 3.05) is 19.0 Å². The molecule has 0 saturated carbocycles. The molecule has 1 N–H and O–H groups in total. The van der Waals surface area contributed by atoms with Gasteiger partial charge < -0.3 is 14.8 Å². The molecule has 5 nitrogen and oxygen atoms in total. The summed E-state index contributed by atoms with van der Waals surface area (Å²) in [5.41, 5.74) is 2.62. The Bertz CT molecular complexity index is 1020. The van der Waals surface area contributed by atoms with E-state index >= 15 is 0 Å². The van der Waals surface area contributed by atoms with E-state index in [1.165, 1.54) is 0 Å². The van der Waals surface area contributed by atoms with Crippen LogP contribution in [0.2, 0.25) is 0 Å². The molecule has 140 valence electrons. The monoisotopic (exact) mass is 372 g/mol. The van der Waals surface area contributed by atoms with Crippen LogP contribution in [0.5, 0.6) is 11.5 Å². The number of benzene rings is 2. The molecule has 0 saturated heterocycles. The Morgan fingerprint density at radius 1 is 1.04 bits per heavy atom. The van der Waals surface area contributed by atoms with Crippen LogP contribution in [0.15, 0.2) is 66.9 Å². The molecule has 5 heteroatoms. The lowest BCUT2D eigenvalue weighted by Crippen LogP contribution is -2.12. The van der Waals surface area contributed by atoms with E-state index in [1.54, 1.807) is 31.5 Å². The number of anilines is 1. The molecule has 0 unspecified atom stereocenters. The van der Waals surface area contributed by atoms with E-state index in [-0.39, 0.29) is 5.91 Å². The fourth-order valence-electron chi connectivity index (χ4n) is 2.54. The highest BCUT2D eigenvalue weighted by Crippen LogP contribution is 2.28. The number of hydrogen-bond acceptors (Lipinski definition) is 4. The van der Waals surface area contributed by atoms with Gasteiger partial charge in [-0.2, -0.15) is 0 Å². The Kier molecular flexibility index (Phi) is 6.27. The Labute approximate surface area is 164 Å². The van der Waals surface area contributed by atoms with E-state index in [9.17, 15) is 4.79 Å². The van der Waals surface area contributed by atoms with Crippen molar-refractivity contribution in [3.05, 3.63) is 83.7 Å². The van der Waals surface area contributed by atoms with Crippen molar-refractivity contribution < 1.29 is 14.3 Å². The molecule has 2 aromatic carbocycles. The van der Waals surface area contributed by atoms with Crippen LogP contribution >= 0.6 is 0 Å².